The average Bonchev–Trinajstić information content (AvgIpc) is 3.00. The summed E-state index contributed by atoms with van der Waals surface area (Å²) in [4.78, 5) is 0. The second kappa shape index (κ2) is 7.03. The van der Waals surface area contributed by atoms with Gasteiger partial charge in [-0.3, -0.25) is 0 Å². The molecule has 0 aliphatic heterocycles. The Balaban J connectivity index is 2.36. The molecule has 0 radical (unpaired) electrons. The molecule has 1 unspecified atom stereocenters. The molecule has 0 bridgehead atoms. The van der Waals surface area contributed by atoms with Crippen LogP contribution in [0.5, 0.6) is 5.75 Å². The highest BCUT2D eigenvalue weighted by Gasteiger charge is 2.21. The van der Waals surface area contributed by atoms with Crippen LogP contribution in [-0.2, 0) is 10.0 Å². The molecule has 6 heteroatoms. The van der Waals surface area contributed by atoms with E-state index < -0.39 is 10.0 Å². The van der Waals surface area contributed by atoms with Crippen molar-refractivity contribution in [2.45, 2.75) is 43.9 Å². The van der Waals surface area contributed by atoms with E-state index >= 15 is 0 Å². The zero-order chi connectivity index (χ0) is 17.2. The lowest BCUT2D eigenvalue weighted by Crippen LogP contribution is -2.26. The van der Waals surface area contributed by atoms with Gasteiger partial charge < -0.3 is 4.74 Å². The smallest absolute Gasteiger partial charge is 0.250 e. The maximum absolute atomic E-state index is 12.4. The Hall–Kier alpha value is -1.37. The quantitative estimate of drug-likeness (QED) is 0.845. The van der Waals surface area contributed by atoms with E-state index in [1.165, 1.54) is 11.3 Å². The summed E-state index contributed by atoms with van der Waals surface area (Å²) in [6.07, 6.45) is 0. The van der Waals surface area contributed by atoms with Crippen molar-refractivity contribution in [1.82, 2.24) is 4.72 Å². The molecule has 1 atom stereocenters. The number of thiophene rings is 1. The Kier molecular flexibility index (Phi) is 5.49. The van der Waals surface area contributed by atoms with Crippen LogP contribution in [-0.4, -0.2) is 15.5 Å². The molecule has 1 aromatic carbocycles. The zero-order valence-corrected chi connectivity index (χ0v) is 15.7. The van der Waals surface area contributed by atoms with Crippen LogP contribution in [0, 0.1) is 6.92 Å². The molecule has 23 heavy (non-hydrogen) atoms. The fourth-order valence-corrected chi connectivity index (χ4v) is 4.81. The first-order valence-electron chi connectivity index (χ1n) is 7.50. The summed E-state index contributed by atoms with van der Waals surface area (Å²) in [5.41, 5.74) is 3.05. The van der Waals surface area contributed by atoms with Gasteiger partial charge in [-0.25, -0.2) is 13.1 Å². The molecule has 0 spiro atoms. The first kappa shape index (κ1) is 18.0. The zero-order valence-electron chi connectivity index (χ0n) is 14.1. The van der Waals surface area contributed by atoms with Gasteiger partial charge in [0.2, 0.25) is 0 Å². The Bertz CT molecular complexity index is 765. The molecule has 2 rings (SSSR count). The Morgan fingerprint density at radius 2 is 1.87 bits per heavy atom. The minimum atomic E-state index is -3.49. The molecule has 0 fully saturated rings. The third kappa shape index (κ3) is 3.94. The summed E-state index contributed by atoms with van der Waals surface area (Å²) in [6.45, 7) is 8.02. The second-order valence-corrected chi connectivity index (χ2v) is 8.77. The molecule has 2 aromatic rings. The van der Waals surface area contributed by atoms with E-state index in [1.807, 2.05) is 26.0 Å². The van der Waals surface area contributed by atoms with Gasteiger partial charge in [-0.1, -0.05) is 19.9 Å². The lowest BCUT2D eigenvalue weighted by Gasteiger charge is -2.20. The lowest BCUT2D eigenvalue weighted by atomic mass is 9.94. The normalized spacial score (nSPS) is 13.3. The van der Waals surface area contributed by atoms with Gasteiger partial charge in [0, 0.05) is 6.04 Å². The van der Waals surface area contributed by atoms with Gasteiger partial charge in [0.15, 0.2) is 0 Å². The minimum absolute atomic E-state index is 0.297. The van der Waals surface area contributed by atoms with Crippen molar-refractivity contribution in [2.75, 3.05) is 7.11 Å². The number of hydrogen-bond acceptors (Lipinski definition) is 4. The number of benzene rings is 1. The number of sulfonamides is 1. The van der Waals surface area contributed by atoms with Crippen LogP contribution >= 0.6 is 11.3 Å². The predicted molar refractivity (Wildman–Crippen MR) is 94.9 cm³/mol. The van der Waals surface area contributed by atoms with Crippen molar-refractivity contribution in [3.63, 3.8) is 0 Å². The summed E-state index contributed by atoms with van der Waals surface area (Å²) in [7, 11) is -1.84. The largest absolute Gasteiger partial charge is 0.496 e. The fourth-order valence-electron chi connectivity index (χ4n) is 2.58. The molecule has 0 aliphatic rings. The summed E-state index contributed by atoms with van der Waals surface area (Å²) < 4.78 is 33.3. The Morgan fingerprint density at radius 3 is 2.39 bits per heavy atom. The minimum Gasteiger partial charge on any atom is -0.496 e. The van der Waals surface area contributed by atoms with E-state index in [-0.39, 0.29) is 6.04 Å². The molecule has 0 saturated heterocycles. The van der Waals surface area contributed by atoms with E-state index in [0.29, 0.717) is 10.1 Å². The van der Waals surface area contributed by atoms with Crippen molar-refractivity contribution in [1.29, 1.82) is 0 Å². The van der Waals surface area contributed by atoms with Crippen molar-refractivity contribution in [3.8, 4) is 5.75 Å². The number of hydrogen-bond donors (Lipinski definition) is 1. The van der Waals surface area contributed by atoms with E-state index in [4.69, 9.17) is 4.74 Å². The Labute approximate surface area is 142 Å². The maximum Gasteiger partial charge on any atom is 0.250 e. The van der Waals surface area contributed by atoms with Gasteiger partial charge in [-0.05, 0) is 60.0 Å². The van der Waals surface area contributed by atoms with Gasteiger partial charge in [-0.15, -0.1) is 11.3 Å². The van der Waals surface area contributed by atoms with Crippen molar-refractivity contribution in [2.24, 2.45) is 0 Å². The molecule has 126 valence electrons. The number of ether oxygens (including phenoxy) is 1. The first-order valence-corrected chi connectivity index (χ1v) is 9.86. The van der Waals surface area contributed by atoms with Crippen LogP contribution in [0.15, 0.2) is 33.9 Å². The van der Waals surface area contributed by atoms with Crippen LogP contribution in [0.2, 0.25) is 0 Å². The van der Waals surface area contributed by atoms with E-state index in [2.05, 4.69) is 18.6 Å². The van der Waals surface area contributed by atoms with Crippen LogP contribution in [0.4, 0.5) is 0 Å². The first-order chi connectivity index (χ1) is 10.8. The van der Waals surface area contributed by atoms with Crippen molar-refractivity contribution < 1.29 is 13.2 Å². The number of rotatable bonds is 6. The molecule has 0 amide bonds. The van der Waals surface area contributed by atoms with Crippen LogP contribution in [0.3, 0.4) is 0 Å². The summed E-state index contributed by atoms with van der Waals surface area (Å²) >= 11 is 1.21. The maximum atomic E-state index is 12.4. The van der Waals surface area contributed by atoms with Gasteiger partial charge >= 0.3 is 0 Å². The standard InChI is InChI=1S/C17H23NO3S2/c1-11(2)14-10-15(12(3)9-16(14)21-5)13(4)18-23(19,20)17-7-6-8-22-17/h6-11,13,18H,1-5H3. The van der Waals surface area contributed by atoms with Gasteiger partial charge in [0.05, 0.1) is 7.11 Å². The number of aryl methyl sites for hydroxylation is 1. The topological polar surface area (TPSA) is 55.4 Å². The number of methoxy groups -OCH3 is 1. The highest BCUT2D eigenvalue weighted by atomic mass is 32.2. The van der Waals surface area contributed by atoms with Crippen LogP contribution in [0.1, 0.15) is 49.4 Å². The van der Waals surface area contributed by atoms with Crippen LogP contribution < -0.4 is 9.46 Å². The molecule has 1 heterocycles. The lowest BCUT2D eigenvalue weighted by molar-refractivity contribution is 0.406. The molecule has 1 N–H and O–H groups in total. The monoisotopic (exact) mass is 353 g/mol. The second-order valence-electron chi connectivity index (χ2n) is 5.88. The molecule has 0 saturated carbocycles. The molecular formula is C17H23NO3S2. The molecule has 1 aromatic heterocycles. The molecule has 4 nitrogen and oxygen atoms in total. The Morgan fingerprint density at radius 1 is 1.17 bits per heavy atom. The highest BCUT2D eigenvalue weighted by Crippen LogP contribution is 2.32. The van der Waals surface area contributed by atoms with Gasteiger partial charge in [-0.2, -0.15) is 0 Å². The highest BCUT2D eigenvalue weighted by molar-refractivity contribution is 7.91. The van der Waals surface area contributed by atoms with E-state index in [9.17, 15) is 8.42 Å². The fraction of sp³-hybridized carbons (Fsp3) is 0.412. The van der Waals surface area contributed by atoms with Gasteiger partial charge in [0.25, 0.3) is 10.0 Å². The predicted octanol–water partition coefficient (Wildman–Crippen LogP) is 4.23. The number of nitrogens with one attached hydrogen (secondary N) is 1. The summed E-state index contributed by atoms with van der Waals surface area (Å²) in [5, 5.41) is 1.76. The molecule has 0 aliphatic carbocycles. The SMILES string of the molecule is COc1cc(C)c(C(C)NS(=O)(=O)c2cccs2)cc1C(C)C. The summed E-state index contributed by atoms with van der Waals surface area (Å²) in [5.74, 6) is 1.14. The molecular weight excluding hydrogens is 330 g/mol. The third-order valence-corrected chi connectivity index (χ3v) is 6.74. The summed E-state index contributed by atoms with van der Waals surface area (Å²) in [6, 6.07) is 7.05. The van der Waals surface area contributed by atoms with Gasteiger partial charge in [0.1, 0.15) is 9.96 Å². The van der Waals surface area contributed by atoms with E-state index in [0.717, 1.165) is 22.4 Å². The average molecular weight is 354 g/mol. The van der Waals surface area contributed by atoms with Crippen LogP contribution in [0.25, 0.3) is 0 Å². The van der Waals surface area contributed by atoms with Crippen molar-refractivity contribution >= 4 is 21.4 Å². The third-order valence-electron chi connectivity index (χ3n) is 3.80. The van der Waals surface area contributed by atoms with E-state index in [1.54, 1.807) is 24.6 Å². The van der Waals surface area contributed by atoms with Crippen molar-refractivity contribution in [3.05, 3.63) is 46.3 Å².